The summed E-state index contributed by atoms with van der Waals surface area (Å²) in [6.45, 7) is 1.90. The molecule has 1 atom stereocenters. The summed E-state index contributed by atoms with van der Waals surface area (Å²) in [6, 6.07) is 15.3. The maximum atomic E-state index is 12.0. The number of amides is 1. The van der Waals surface area contributed by atoms with Crippen molar-refractivity contribution in [3.63, 3.8) is 0 Å². The van der Waals surface area contributed by atoms with Crippen LogP contribution in [0, 0.1) is 0 Å². The van der Waals surface area contributed by atoms with Crippen LogP contribution < -0.4 is 24.4 Å². The lowest BCUT2D eigenvalue weighted by molar-refractivity contribution is -0.127. The van der Waals surface area contributed by atoms with Crippen LogP contribution in [-0.4, -0.2) is 45.9 Å². The second-order valence-electron chi connectivity index (χ2n) is 6.01. The second-order valence-corrected chi connectivity index (χ2v) is 6.01. The molecule has 6 nitrogen and oxygen atoms in total. The Hall–Kier alpha value is -2.89. The number of rotatable bonds is 7. The summed E-state index contributed by atoms with van der Waals surface area (Å²) >= 11 is 0. The molecule has 1 aliphatic heterocycles. The summed E-state index contributed by atoms with van der Waals surface area (Å²) in [6.07, 6.45) is 0.332. The zero-order chi connectivity index (χ0) is 18.4. The third kappa shape index (κ3) is 4.20. The Bertz CT molecular complexity index is 733. The van der Waals surface area contributed by atoms with Crippen LogP contribution in [0.25, 0.3) is 0 Å². The van der Waals surface area contributed by atoms with Crippen molar-refractivity contribution in [3.05, 3.63) is 48.5 Å². The van der Waals surface area contributed by atoms with E-state index >= 15 is 0 Å². The third-order valence-corrected chi connectivity index (χ3v) is 4.30. The smallest absolute Gasteiger partial charge is 0.262 e. The number of benzene rings is 2. The summed E-state index contributed by atoms with van der Waals surface area (Å²) in [5, 5.41) is 2.66. The van der Waals surface area contributed by atoms with E-state index in [4.69, 9.17) is 14.2 Å². The van der Waals surface area contributed by atoms with E-state index in [0.29, 0.717) is 13.2 Å². The number of ether oxygens (including phenoxy) is 3. The number of anilines is 1. The second kappa shape index (κ2) is 8.47. The standard InChI is InChI=1S/C20H24N2O4/c1-21-20(23)19-14-22(17-6-3-4-7-18(17)26-19)12-5-13-25-16-10-8-15(24-2)9-11-16/h3-4,6-11,19H,5,12-14H2,1-2H3,(H,21,23)/t19-/m0/s1. The van der Waals surface area contributed by atoms with Gasteiger partial charge in [-0.25, -0.2) is 0 Å². The van der Waals surface area contributed by atoms with Gasteiger partial charge in [-0.2, -0.15) is 0 Å². The Balaban J connectivity index is 1.56. The van der Waals surface area contributed by atoms with Crippen LogP contribution >= 0.6 is 0 Å². The highest BCUT2D eigenvalue weighted by molar-refractivity contribution is 5.83. The number of hydrogen-bond donors (Lipinski definition) is 1. The molecule has 1 heterocycles. The number of para-hydroxylation sites is 2. The number of methoxy groups -OCH3 is 1. The molecule has 0 unspecified atom stereocenters. The number of carbonyl (C=O) groups is 1. The van der Waals surface area contributed by atoms with Crippen molar-refractivity contribution in [1.82, 2.24) is 5.32 Å². The fraction of sp³-hybridized carbons (Fsp3) is 0.350. The van der Waals surface area contributed by atoms with Gasteiger partial charge in [0.25, 0.3) is 5.91 Å². The molecule has 1 aliphatic rings. The normalized spacial score (nSPS) is 15.6. The molecule has 0 spiro atoms. The maximum absolute atomic E-state index is 12.0. The number of likely N-dealkylation sites (N-methyl/N-ethyl adjacent to an activating group) is 1. The molecule has 26 heavy (non-hydrogen) atoms. The Kier molecular flexibility index (Phi) is 5.84. The van der Waals surface area contributed by atoms with Crippen molar-refractivity contribution in [2.24, 2.45) is 0 Å². The fourth-order valence-electron chi connectivity index (χ4n) is 2.93. The number of nitrogens with one attached hydrogen (secondary N) is 1. The molecule has 1 N–H and O–H groups in total. The van der Waals surface area contributed by atoms with E-state index in [1.165, 1.54) is 0 Å². The van der Waals surface area contributed by atoms with Crippen molar-refractivity contribution < 1.29 is 19.0 Å². The average Bonchev–Trinajstić information content (AvgIpc) is 2.70. The topological polar surface area (TPSA) is 60.0 Å². The van der Waals surface area contributed by atoms with E-state index < -0.39 is 6.10 Å². The molecule has 0 aliphatic carbocycles. The molecule has 1 amide bonds. The zero-order valence-corrected chi connectivity index (χ0v) is 15.1. The van der Waals surface area contributed by atoms with E-state index in [1.54, 1.807) is 14.2 Å². The number of hydrogen-bond acceptors (Lipinski definition) is 5. The molecule has 0 saturated heterocycles. The molecule has 0 bridgehead atoms. The van der Waals surface area contributed by atoms with Gasteiger partial charge in [-0.1, -0.05) is 12.1 Å². The maximum Gasteiger partial charge on any atom is 0.262 e. The summed E-state index contributed by atoms with van der Waals surface area (Å²) in [7, 11) is 3.27. The van der Waals surface area contributed by atoms with Crippen LogP contribution in [0.5, 0.6) is 17.2 Å². The first-order valence-corrected chi connectivity index (χ1v) is 8.70. The van der Waals surface area contributed by atoms with E-state index in [9.17, 15) is 4.79 Å². The minimum absolute atomic E-state index is 0.112. The Morgan fingerprint density at radius 2 is 1.92 bits per heavy atom. The lowest BCUT2D eigenvalue weighted by Crippen LogP contribution is -2.48. The fourth-order valence-corrected chi connectivity index (χ4v) is 2.93. The molecule has 2 aromatic carbocycles. The molecule has 0 saturated carbocycles. The van der Waals surface area contributed by atoms with Crippen LogP contribution in [0.15, 0.2) is 48.5 Å². The monoisotopic (exact) mass is 356 g/mol. The van der Waals surface area contributed by atoms with Gasteiger partial charge in [0.05, 0.1) is 25.9 Å². The van der Waals surface area contributed by atoms with Crippen molar-refractivity contribution in [1.29, 1.82) is 0 Å². The minimum atomic E-state index is -0.502. The Morgan fingerprint density at radius 3 is 2.65 bits per heavy atom. The summed E-state index contributed by atoms with van der Waals surface area (Å²) < 4.78 is 16.7. The van der Waals surface area contributed by atoms with Gasteiger partial charge in [0, 0.05) is 13.6 Å². The zero-order valence-electron chi connectivity index (χ0n) is 15.1. The summed E-state index contributed by atoms with van der Waals surface area (Å²) in [5.74, 6) is 2.25. The summed E-state index contributed by atoms with van der Waals surface area (Å²) in [4.78, 5) is 14.2. The van der Waals surface area contributed by atoms with Crippen molar-refractivity contribution in [2.45, 2.75) is 12.5 Å². The molecule has 3 rings (SSSR count). The first kappa shape index (κ1) is 17.9. The Morgan fingerprint density at radius 1 is 1.19 bits per heavy atom. The third-order valence-electron chi connectivity index (χ3n) is 4.30. The molecule has 2 aromatic rings. The largest absolute Gasteiger partial charge is 0.497 e. The van der Waals surface area contributed by atoms with Gasteiger partial charge in [-0.3, -0.25) is 4.79 Å². The molecule has 138 valence electrons. The van der Waals surface area contributed by atoms with Crippen LogP contribution in [0.2, 0.25) is 0 Å². The molecule has 0 radical (unpaired) electrons. The van der Waals surface area contributed by atoms with Gasteiger partial charge in [0.15, 0.2) is 6.10 Å². The highest BCUT2D eigenvalue weighted by atomic mass is 16.5. The van der Waals surface area contributed by atoms with Crippen LogP contribution in [0.1, 0.15) is 6.42 Å². The number of fused-ring (bicyclic) bond motifs is 1. The van der Waals surface area contributed by atoms with E-state index in [0.717, 1.165) is 35.9 Å². The molecular weight excluding hydrogens is 332 g/mol. The Labute approximate surface area is 153 Å². The quantitative estimate of drug-likeness (QED) is 0.773. The minimum Gasteiger partial charge on any atom is -0.497 e. The van der Waals surface area contributed by atoms with Crippen molar-refractivity contribution >= 4 is 11.6 Å². The van der Waals surface area contributed by atoms with Gasteiger partial charge >= 0.3 is 0 Å². The predicted octanol–water partition coefficient (Wildman–Crippen LogP) is 2.48. The van der Waals surface area contributed by atoms with Crippen molar-refractivity contribution in [3.8, 4) is 17.2 Å². The molecule has 0 fully saturated rings. The highest BCUT2D eigenvalue weighted by Crippen LogP contribution is 2.33. The average molecular weight is 356 g/mol. The van der Waals surface area contributed by atoms with Crippen LogP contribution in [0.4, 0.5) is 5.69 Å². The van der Waals surface area contributed by atoms with Crippen LogP contribution in [-0.2, 0) is 4.79 Å². The predicted molar refractivity (Wildman–Crippen MR) is 100 cm³/mol. The van der Waals surface area contributed by atoms with Gasteiger partial charge in [-0.05, 0) is 42.8 Å². The first-order chi connectivity index (χ1) is 12.7. The van der Waals surface area contributed by atoms with E-state index in [-0.39, 0.29) is 5.91 Å². The van der Waals surface area contributed by atoms with Crippen molar-refractivity contribution in [2.75, 3.05) is 38.8 Å². The SMILES string of the molecule is CNC(=O)[C@@H]1CN(CCCOc2ccc(OC)cc2)c2ccccc2O1. The van der Waals surface area contributed by atoms with Gasteiger partial charge in [-0.15, -0.1) is 0 Å². The molecular formula is C20H24N2O4. The highest BCUT2D eigenvalue weighted by Gasteiger charge is 2.29. The molecule has 6 heteroatoms. The lowest BCUT2D eigenvalue weighted by atomic mass is 10.1. The molecule has 0 aromatic heterocycles. The summed E-state index contributed by atoms with van der Waals surface area (Å²) in [5.41, 5.74) is 1.01. The number of nitrogens with zero attached hydrogens (tertiary/aromatic N) is 1. The van der Waals surface area contributed by atoms with E-state index in [2.05, 4.69) is 10.2 Å². The number of carbonyl (C=O) groups excluding carboxylic acids is 1. The van der Waals surface area contributed by atoms with Gasteiger partial charge in [0.1, 0.15) is 17.2 Å². The van der Waals surface area contributed by atoms with Gasteiger partial charge < -0.3 is 24.4 Å². The lowest BCUT2D eigenvalue weighted by Gasteiger charge is -2.35. The van der Waals surface area contributed by atoms with Crippen LogP contribution in [0.3, 0.4) is 0 Å². The van der Waals surface area contributed by atoms with E-state index in [1.807, 2.05) is 48.5 Å². The van der Waals surface area contributed by atoms with Gasteiger partial charge in [0.2, 0.25) is 0 Å². The first-order valence-electron chi connectivity index (χ1n) is 8.70.